The van der Waals surface area contributed by atoms with Crippen molar-refractivity contribution in [3.63, 3.8) is 0 Å². The summed E-state index contributed by atoms with van der Waals surface area (Å²) in [4.78, 5) is 8.62. The third-order valence-corrected chi connectivity index (χ3v) is 11.8. The first kappa shape index (κ1) is 38.8. The Labute approximate surface area is 358 Å². The largest absolute Gasteiger partial charge is 0.419 e. The van der Waals surface area contributed by atoms with Gasteiger partial charge in [0.25, 0.3) is 0 Å². The molecule has 6 aromatic heterocycles. The number of benzene rings is 4. The molecule has 18 heteroatoms. The Bertz CT molecular complexity index is 2970. The van der Waals surface area contributed by atoms with E-state index in [1.807, 2.05) is 48.8 Å². The highest BCUT2D eigenvalue weighted by Gasteiger charge is 2.33. The molecule has 2 unspecified atom stereocenters. The van der Waals surface area contributed by atoms with Gasteiger partial charge in [-0.3, -0.25) is 15.1 Å². The first-order chi connectivity index (χ1) is 31.0. The number of aliphatic hydroxyl groups is 2. The fourth-order valence-corrected chi connectivity index (χ4v) is 8.82. The number of hydrogen-bond acceptors (Lipinski definition) is 14. The predicted octanol–water partition coefficient (Wildman–Crippen LogP) is 5.14. The highest BCUT2D eigenvalue weighted by Crippen LogP contribution is 2.37. The zero-order valence-electron chi connectivity index (χ0n) is 33.9. The van der Waals surface area contributed by atoms with E-state index in [0.29, 0.717) is 49.9 Å². The summed E-state index contributed by atoms with van der Waals surface area (Å²) in [6.07, 6.45) is 5.46. The molecule has 2 atom stereocenters. The predicted molar refractivity (Wildman–Crippen MR) is 235 cm³/mol. The molecule has 63 heavy (non-hydrogen) atoms. The molecule has 0 radical (unpaired) electrons. The van der Waals surface area contributed by atoms with Crippen molar-refractivity contribution in [3.8, 4) is 45.2 Å². The van der Waals surface area contributed by atoms with Crippen LogP contribution < -0.4 is 10.6 Å². The number of aromatic amines is 4. The molecule has 7 heterocycles. The molecule has 318 valence electrons. The molecule has 0 bridgehead atoms. The molecule has 8 N–H and O–H groups in total. The monoisotopic (exact) mass is 845 g/mol. The van der Waals surface area contributed by atoms with Crippen LogP contribution in [0.5, 0.6) is 0 Å². The summed E-state index contributed by atoms with van der Waals surface area (Å²) < 4.78 is 17.9. The van der Waals surface area contributed by atoms with Crippen molar-refractivity contribution in [2.45, 2.75) is 31.3 Å². The molecule has 1 aliphatic rings. The van der Waals surface area contributed by atoms with Crippen LogP contribution in [-0.4, -0.2) is 124 Å². The molecule has 18 nitrogen and oxygen atoms in total. The van der Waals surface area contributed by atoms with Gasteiger partial charge in [0, 0.05) is 71.2 Å². The van der Waals surface area contributed by atoms with Crippen molar-refractivity contribution in [2.75, 3.05) is 39.4 Å². The van der Waals surface area contributed by atoms with Gasteiger partial charge in [-0.05, 0) is 70.8 Å². The number of morpholine rings is 1. The van der Waals surface area contributed by atoms with E-state index < -0.39 is 18.2 Å². The number of aromatic nitrogens is 10. The summed E-state index contributed by atoms with van der Waals surface area (Å²) in [5.41, 5.74) is 9.39. The number of H-pyrrole nitrogens is 4. The zero-order valence-corrected chi connectivity index (χ0v) is 33.9. The summed E-state index contributed by atoms with van der Waals surface area (Å²) in [6, 6.07) is 24.0. The summed E-state index contributed by atoms with van der Waals surface area (Å²) in [7, 11) is 0. The molecular weight excluding hydrogens is 803 g/mol. The van der Waals surface area contributed by atoms with Gasteiger partial charge in [-0.15, -0.1) is 20.4 Å². The Balaban J connectivity index is 0.746. The standard InChI is InChI=1S/C45H43N13O5/c59-39(21-46-23-41-54-56-44(62-41)31-15-25(17-37-33(31)19-50-52-37)27-3-1-5-35-29(27)7-9-48-35)43(58-11-13-61-14-12-58)40(60)22-47-24-42-55-57-45(63-42)32-16-26(18-38-34(32)20-51-53-38)28-4-2-6-36-30(28)8-10-49-36/h1-10,15-20,39-40,43,46-49,59-60H,11-14,21-24H2,(H,50,52)(H,51,53). The number of ether oxygens (including phenoxy) is 1. The normalized spacial score (nSPS) is 15.3. The lowest BCUT2D eigenvalue weighted by Crippen LogP contribution is -2.58. The molecule has 10 aromatic rings. The minimum atomic E-state index is -0.947. The van der Waals surface area contributed by atoms with E-state index in [4.69, 9.17) is 13.6 Å². The van der Waals surface area contributed by atoms with Gasteiger partial charge in [-0.1, -0.05) is 24.3 Å². The van der Waals surface area contributed by atoms with Gasteiger partial charge < -0.3 is 44.4 Å². The van der Waals surface area contributed by atoms with Crippen molar-refractivity contribution < 1.29 is 23.8 Å². The van der Waals surface area contributed by atoms with E-state index in [0.717, 1.165) is 77.0 Å². The number of hydrogen-bond donors (Lipinski definition) is 8. The second-order valence-electron chi connectivity index (χ2n) is 15.7. The van der Waals surface area contributed by atoms with Crippen LogP contribution in [0.2, 0.25) is 0 Å². The smallest absolute Gasteiger partial charge is 0.248 e. The van der Waals surface area contributed by atoms with Gasteiger partial charge >= 0.3 is 0 Å². The van der Waals surface area contributed by atoms with Gasteiger partial charge in [0.2, 0.25) is 23.6 Å². The van der Waals surface area contributed by atoms with Crippen molar-refractivity contribution >= 4 is 43.6 Å². The quantitative estimate of drug-likeness (QED) is 0.0667. The molecule has 0 saturated carbocycles. The third kappa shape index (κ3) is 7.54. The second kappa shape index (κ2) is 16.7. The lowest BCUT2D eigenvalue weighted by atomic mass is 9.98. The molecule has 1 saturated heterocycles. The fourth-order valence-electron chi connectivity index (χ4n) is 8.82. The summed E-state index contributed by atoms with van der Waals surface area (Å²) in [5.74, 6) is 1.43. The van der Waals surface area contributed by atoms with E-state index in [2.05, 4.69) is 103 Å². The molecular formula is C45H43N13O5. The van der Waals surface area contributed by atoms with Crippen molar-refractivity contribution in [2.24, 2.45) is 0 Å². The first-order valence-electron chi connectivity index (χ1n) is 20.9. The van der Waals surface area contributed by atoms with Crippen LogP contribution in [0.4, 0.5) is 0 Å². The third-order valence-electron chi connectivity index (χ3n) is 11.8. The number of rotatable bonds is 15. The number of aliphatic hydroxyl groups excluding tert-OH is 2. The first-order valence-corrected chi connectivity index (χ1v) is 20.9. The van der Waals surface area contributed by atoms with Gasteiger partial charge in [0.15, 0.2) is 0 Å². The van der Waals surface area contributed by atoms with Crippen LogP contribution in [0.15, 0.2) is 106 Å². The average molecular weight is 846 g/mol. The Morgan fingerprint density at radius 3 is 1.60 bits per heavy atom. The molecule has 4 aromatic carbocycles. The Hall–Kier alpha value is -7.06. The molecule has 1 aliphatic heterocycles. The molecule has 0 spiro atoms. The van der Waals surface area contributed by atoms with Crippen LogP contribution >= 0.6 is 0 Å². The van der Waals surface area contributed by atoms with E-state index in [1.54, 1.807) is 12.4 Å². The van der Waals surface area contributed by atoms with Crippen LogP contribution in [-0.2, 0) is 17.8 Å². The van der Waals surface area contributed by atoms with E-state index >= 15 is 0 Å². The average Bonchev–Trinajstić information content (AvgIpc) is 4.17. The van der Waals surface area contributed by atoms with E-state index in [9.17, 15) is 10.2 Å². The van der Waals surface area contributed by atoms with E-state index in [1.165, 1.54) is 0 Å². The fraction of sp³-hybridized carbons (Fsp3) is 0.244. The lowest BCUT2D eigenvalue weighted by molar-refractivity contribution is -0.0654. The number of nitrogens with zero attached hydrogens (tertiary/aromatic N) is 7. The molecule has 0 aliphatic carbocycles. The Kier molecular flexibility index (Phi) is 10.3. The Morgan fingerprint density at radius 1 is 0.587 bits per heavy atom. The topological polar surface area (TPSA) is 244 Å². The molecule has 0 amide bonds. The van der Waals surface area contributed by atoms with Crippen molar-refractivity contribution in [1.82, 2.24) is 66.3 Å². The number of nitrogens with one attached hydrogen (secondary N) is 6. The highest BCUT2D eigenvalue weighted by atomic mass is 16.5. The SMILES string of the molecule is OC(CNCc1nnc(-c2cc(-c3cccc4[nH]ccc34)cc3[nH]ncc23)o1)C(C(O)CNCc1nnc(-c2cc(-c3cccc4[nH]ccc34)cc3[nH]ncc23)o1)N1CCOCC1. The van der Waals surface area contributed by atoms with Crippen molar-refractivity contribution in [1.29, 1.82) is 0 Å². The summed E-state index contributed by atoms with van der Waals surface area (Å²) >= 11 is 0. The van der Waals surface area contributed by atoms with Crippen LogP contribution in [0, 0.1) is 0 Å². The van der Waals surface area contributed by atoms with Crippen LogP contribution in [0.3, 0.4) is 0 Å². The van der Waals surface area contributed by atoms with Crippen molar-refractivity contribution in [3.05, 3.63) is 109 Å². The molecule has 11 rings (SSSR count). The van der Waals surface area contributed by atoms with Gasteiger partial charge in [0.1, 0.15) is 0 Å². The minimum Gasteiger partial charge on any atom is -0.419 e. The summed E-state index contributed by atoms with van der Waals surface area (Å²) in [6.45, 7) is 2.88. The minimum absolute atomic E-state index is 0.159. The Morgan fingerprint density at radius 2 is 1.10 bits per heavy atom. The zero-order chi connectivity index (χ0) is 42.3. The maximum absolute atomic E-state index is 11.6. The van der Waals surface area contributed by atoms with Crippen LogP contribution in [0.1, 0.15) is 11.8 Å². The maximum Gasteiger partial charge on any atom is 0.248 e. The maximum atomic E-state index is 11.6. The number of fused-ring (bicyclic) bond motifs is 4. The van der Waals surface area contributed by atoms with Crippen LogP contribution in [0.25, 0.3) is 88.8 Å². The van der Waals surface area contributed by atoms with Gasteiger partial charge in [0.05, 0.1) is 79.1 Å². The molecule has 1 fully saturated rings. The van der Waals surface area contributed by atoms with Gasteiger partial charge in [-0.25, -0.2) is 0 Å². The van der Waals surface area contributed by atoms with Gasteiger partial charge in [-0.2, -0.15) is 10.2 Å². The highest BCUT2D eigenvalue weighted by molar-refractivity contribution is 6.02. The van der Waals surface area contributed by atoms with E-state index in [-0.39, 0.29) is 26.2 Å². The summed E-state index contributed by atoms with van der Waals surface area (Å²) in [5, 5.41) is 65.8. The second-order valence-corrected chi connectivity index (χ2v) is 15.7. The lowest BCUT2D eigenvalue weighted by Gasteiger charge is -2.39.